The molecular formula is C15H12FNO4. The number of carbonyl (C=O) groups is 1. The molecule has 0 atom stereocenters. The number of benzene rings is 2. The van der Waals surface area contributed by atoms with Crippen LogP contribution in [0.2, 0.25) is 0 Å². The zero-order chi connectivity index (χ0) is 15.6. The summed E-state index contributed by atoms with van der Waals surface area (Å²) in [5, 5.41) is 11.0. The SMILES string of the molecule is CC(=O)c1cccc(F)c1Oc1ccc(C)cc1[N+](=O)[O-]. The van der Waals surface area contributed by atoms with E-state index >= 15 is 0 Å². The lowest BCUT2D eigenvalue weighted by atomic mass is 10.1. The van der Waals surface area contributed by atoms with E-state index in [0.29, 0.717) is 5.56 Å². The minimum Gasteiger partial charge on any atom is -0.446 e. The van der Waals surface area contributed by atoms with Gasteiger partial charge in [-0.25, -0.2) is 4.39 Å². The van der Waals surface area contributed by atoms with Gasteiger partial charge in [0.1, 0.15) is 0 Å². The second-order valence-electron chi connectivity index (χ2n) is 4.50. The van der Waals surface area contributed by atoms with Crippen LogP contribution < -0.4 is 4.74 Å². The normalized spacial score (nSPS) is 10.2. The van der Waals surface area contributed by atoms with Crippen molar-refractivity contribution >= 4 is 11.5 Å². The highest BCUT2D eigenvalue weighted by atomic mass is 19.1. The van der Waals surface area contributed by atoms with E-state index in [2.05, 4.69) is 0 Å². The first-order valence-electron chi connectivity index (χ1n) is 6.12. The molecule has 21 heavy (non-hydrogen) atoms. The number of ketones is 1. The van der Waals surface area contributed by atoms with Crippen molar-refractivity contribution in [1.29, 1.82) is 0 Å². The predicted octanol–water partition coefficient (Wildman–Crippen LogP) is 4.04. The number of hydrogen-bond donors (Lipinski definition) is 0. The van der Waals surface area contributed by atoms with E-state index in [1.807, 2.05) is 0 Å². The van der Waals surface area contributed by atoms with Gasteiger partial charge in [-0.2, -0.15) is 0 Å². The molecule has 2 rings (SSSR count). The third-order valence-corrected chi connectivity index (χ3v) is 2.87. The van der Waals surface area contributed by atoms with Crippen molar-refractivity contribution in [1.82, 2.24) is 0 Å². The number of carbonyl (C=O) groups excluding carboxylic acids is 1. The van der Waals surface area contributed by atoms with Gasteiger partial charge in [0, 0.05) is 6.07 Å². The van der Waals surface area contributed by atoms with Crippen LogP contribution in [0.1, 0.15) is 22.8 Å². The van der Waals surface area contributed by atoms with Crippen LogP contribution in [0, 0.1) is 22.9 Å². The third-order valence-electron chi connectivity index (χ3n) is 2.87. The van der Waals surface area contributed by atoms with Crippen LogP contribution in [0.25, 0.3) is 0 Å². The first kappa shape index (κ1) is 14.6. The van der Waals surface area contributed by atoms with E-state index in [-0.39, 0.29) is 28.5 Å². The van der Waals surface area contributed by atoms with E-state index in [1.165, 1.54) is 31.2 Å². The first-order chi connectivity index (χ1) is 9.90. The molecule has 0 saturated heterocycles. The molecule has 0 aliphatic rings. The number of hydrogen-bond acceptors (Lipinski definition) is 4. The summed E-state index contributed by atoms with van der Waals surface area (Å²) in [5.41, 5.74) is 0.423. The highest BCUT2D eigenvalue weighted by molar-refractivity contribution is 5.97. The summed E-state index contributed by atoms with van der Waals surface area (Å²) in [7, 11) is 0. The van der Waals surface area contributed by atoms with Crippen molar-refractivity contribution < 1.29 is 18.8 Å². The van der Waals surface area contributed by atoms with Crippen LogP contribution in [0.3, 0.4) is 0 Å². The Morgan fingerprint density at radius 2 is 2.00 bits per heavy atom. The second kappa shape index (κ2) is 5.70. The molecule has 0 aliphatic heterocycles. The van der Waals surface area contributed by atoms with Crippen LogP contribution in [0.15, 0.2) is 36.4 Å². The second-order valence-corrected chi connectivity index (χ2v) is 4.50. The number of para-hydroxylation sites is 1. The molecule has 0 radical (unpaired) electrons. The molecule has 108 valence electrons. The molecule has 0 spiro atoms. The molecule has 2 aromatic rings. The summed E-state index contributed by atoms with van der Waals surface area (Å²) in [6, 6.07) is 8.22. The predicted molar refractivity (Wildman–Crippen MR) is 74.3 cm³/mol. The molecule has 0 heterocycles. The van der Waals surface area contributed by atoms with Crippen molar-refractivity contribution in [3.05, 3.63) is 63.5 Å². The molecule has 0 bridgehead atoms. The van der Waals surface area contributed by atoms with Crippen LogP contribution in [0.4, 0.5) is 10.1 Å². The highest BCUT2D eigenvalue weighted by Crippen LogP contribution is 2.35. The summed E-state index contributed by atoms with van der Waals surface area (Å²) in [5.74, 6) is -1.56. The number of nitro benzene ring substituents is 1. The first-order valence-corrected chi connectivity index (χ1v) is 6.12. The Kier molecular flexibility index (Phi) is 3.98. The quantitative estimate of drug-likeness (QED) is 0.484. The van der Waals surface area contributed by atoms with Crippen LogP contribution in [-0.2, 0) is 0 Å². The Morgan fingerprint density at radius 3 is 2.62 bits per heavy atom. The van der Waals surface area contributed by atoms with E-state index in [1.54, 1.807) is 13.0 Å². The molecule has 0 fully saturated rings. The van der Waals surface area contributed by atoms with Gasteiger partial charge in [0.05, 0.1) is 10.5 Å². The van der Waals surface area contributed by atoms with Gasteiger partial charge in [-0.15, -0.1) is 0 Å². The number of nitro groups is 1. The molecule has 0 aliphatic carbocycles. The lowest BCUT2D eigenvalue weighted by molar-refractivity contribution is -0.385. The van der Waals surface area contributed by atoms with E-state index in [0.717, 1.165) is 6.07 Å². The average Bonchev–Trinajstić information content (AvgIpc) is 2.42. The number of Topliss-reactive ketones (excluding diaryl/α,β-unsaturated/α-hetero) is 1. The fourth-order valence-corrected chi connectivity index (χ4v) is 1.86. The zero-order valence-corrected chi connectivity index (χ0v) is 11.4. The van der Waals surface area contributed by atoms with Gasteiger partial charge >= 0.3 is 5.69 Å². The summed E-state index contributed by atoms with van der Waals surface area (Å²) in [6.45, 7) is 2.96. The van der Waals surface area contributed by atoms with E-state index in [9.17, 15) is 19.3 Å². The standard InChI is InChI=1S/C15H12FNO4/c1-9-6-7-14(13(8-9)17(19)20)21-15-11(10(2)18)4-3-5-12(15)16/h3-8H,1-2H3. The smallest absolute Gasteiger partial charge is 0.311 e. The molecule has 2 aromatic carbocycles. The van der Waals surface area contributed by atoms with Crippen molar-refractivity contribution in [2.45, 2.75) is 13.8 Å². The van der Waals surface area contributed by atoms with Crippen molar-refractivity contribution in [3.63, 3.8) is 0 Å². The number of rotatable bonds is 4. The van der Waals surface area contributed by atoms with Gasteiger partial charge in [-0.3, -0.25) is 14.9 Å². The number of aryl methyl sites for hydroxylation is 1. The summed E-state index contributed by atoms with van der Waals surface area (Å²) >= 11 is 0. The third kappa shape index (κ3) is 3.05. The van der Waals surface area contributed by atoms with Gasteiger partial charge < -0.3 is 4.74 Å². The van der Waals surface area contributed by atoms with Crippen molar-refractivity contribution in [3.8, 4) is 11.5 Å². The van der Waals surface area contributed by atoms with Gasteiger partial charge in [0.15, 0.2) is 17.3 Å². The fraction of sp³-hybridized carbons (Fsp3) is 0.133. The maximum atomic E-state index is 13.9. The van der Waals surface area contributed by atoms with Gasteiger partial charge in [0.25, 0.3) is 0 Å². The molecule has 0 N–H and O–H groups in total. The zero-order valence-electron chi connectivity index (χ0n) is 11.4. The van der Waals surface area contributed by atoms with Crippen LogP contribution in [0.5, 0.6) is 11.5 Å². The van der Waals surface area contributed by atoms with Gasteiger partial charge in [0.2, 0.25) is 5.75 Å². The maximum absolute atomic E-state index is 13.9. The molecule has 5 nitrogen and oxygen atoms in total. The Morgan fingerprint density at radius 1 is 1.29 bits per heavy atom. The van der Waals surface area contributed by atoms with Gasteiger partial charge in [-0.1, -0.05) is 12.1 Å². The minimum atomic E-state index is -0.752. The summed E-state index contributed by atoms with van der Waals surface area (Å²) in [4.78, 5) is 21.9. The number of ether oxygens (including phenoxy) is 1. The Bertz CT molecular complexity index is 728. The highest BCUT2D eigenvalue weighted by Gasteiger charge is 2.20. The molecule has 0 unspecified atom stereocenters. The molecule has 0 amide bonds. The van der Waals surface area contributed by atoms with E-state index < -0.39 is 10.7 Å². The largest absolute Gasteiger partial charge is 0.446 e. The fourth-order valence-electron chi connectivity index (χ4n) is 1.86. The Hall–Kier alpha value is -2.76. The molecule has 0 aromatic heterocycles. The minimum absolute atomic E-state index is 0.0323. The Balaban J connectivity index is 2.53. The molecule has 0 saturated carbocycles. The Labute approximate surface area is 120 Å². The molecular weight excluding hydrogens is 277 g/mol. The monoisotopic (exact) mass is 289 g/mol. The van der Waals surface area contributed by atoms with Crippen LogP contribution >= 0.6 is 0 Å². The topological polar surface area (TPSA) is 69.4 Å². The molecule has 6 heteroatoms. The van der Waals surface area contributed by atoms with Gasteiger partial charge in [-0.05, 0) is 37.6 Å². The number of nitrogens with zero attached hydrogens (tertiary/aromatic N) is 1. The van der Waals surface area contributed by atoms with Crippen LogP contribution in [-0.4, -0.2) is 10.7 Å². The summed E-state index contributed by atoms with van der Waals surface area (Å²) < 4.78 is 19.2. The van der Waals surface area contributed by atoms with E-state index in [4.69, 9.17) is 4.74 Å². The van der Waals surface area contributed by atoms with Crippen molar-refractivity contribution in [2.24, 2.45) is 0 Å². The summed E-state index contributed by atoms with van der Waals surface area (Å²) in [6.07, 6.45) is 0. The lowest BCUT2D eigenvalue weighted by Crippen LogP contribution is -2.01. The average molecular weight is 289 g/mol. The maximum Gasteiger partial charge on any atom is 0.311 e. The lowest BCUT2D eigenvalue weighted by Gasteiger charge is -2.10. The van der Waals surface area contributed by atoms with Crippen molar-refractivity contribution in [2.75, 3.05) is 0 Å². The number of halogens is 1.